The molecule has 0 saturated carbocycles. The van der Waals surface area contributed by atoms with Gasteiger partial charge >= 0.3 is 6.03 Å². The van der Waals surface area contributed by atoms with Gasteiger partial charge < -0.3 is 34.5 Å². The number of urea groups is 1. The lowest BCUT2D eigenvalue weighted by Crippen LogP contribution is -2.50. The van der Waals surface area contributed by atoms with Crippen LogP contribution in [-0.2, 0) is 17.1 Å². The van der Waals surface area contributed by atoms with Crippen LogP contribution in [0.15, 0.2) is 40.3 Å². The number of anilines is 2. The monoisotopic (exact) mass is 589 g/mol. The van der Waals surface area contributed by atoms with E-state index in [4.69, 9.17) is 9.26 Å². The number of rotatable bonds is 8. The summed E-state index contributed by atoms with van der Waals surface area (Å²) in [5.41, 5.74) is 1.26. The molecule has 0 spiro atoms. The van der Waals surface area contributed by atoms with Gasteiger partial charge in [-0.25, -0.2) is 18.2 Å². The molecular weight excluding hydrogens is 554 g/mol. The van der Waals surface area contributed by atoms with Crippen molar-refractivity contribution in [3.8, 4) is 5.75 Å². The highest BCUT2D eigenvalue weighted by Crippen LogP contribution is 2.35. The first kappa shape index (κ1) is 30.0. The van der Waals surface area contributed by atoms with E-state index < -0.39 is 34.1 Å². The zero-order valence-corrected chi connectivity index (χ0v) is 24.6. The van der Waals surface area contributed by atoms with Gasteiger partial charge in [0.05, 0.1) is 36.8 Å². The normalized spacial score (nSPS) is 18.3. The number of benzene rings is 1. The Kier molecular flexibility index (Phi) is 8.70. The van der Waals surface area contributed by atoms with Crippen molar-refractivity contribution in [2.45, 2.75) is 44.9 Å². The lowest BCUT2D eigenvalue weighted by atomic mass is 9.99. The number of hydrogen-bond donors (Lipinski definition) is 3. The molecule has 3 atom stereocenters. The van der Waals surface area contributed by atoms with Gasteiger partial charge in [-0.05, 0) is 32.9 Å². The molecule has 0 saturated heterocycles. The van der Waals surface area contributed by atoms with Gasteiger partial charge in [0.2, 0.25) is 0 Å². The SMILES string of the molecule is Cc1noc(C)c1NC(=O)Nc1cccc2c1O[C@H](CN(C)S(=O)(=O)c1cn(C)cn1)[C@@H](C)CN([C@@H](C)CO)C2=O. The van der Waals surface area contributed by atoms with E-state index in [-0.39, 0.29) is 47.6 Å². The van der Waals surface area contributed by atoms with E-state index >= 15 is 0 Å². The van der Waals surface area contributed by atoms with E-state index in [1.807, 2.05) is 6.92 Å². The Morgan fingerprint density at radius 2 is 2.02 bits per heavy atom. The highest BCUT2D eigenvalue weighted by Gasteiger charge is 2.36. The summed E-state index contributed by atoms with van der Waals surface area (Å²) >= 11 is 0. The molecule has 0 bridgehead atoms. The number of aliphatic hydroxyl groups excluding tert-OH is 1. The summed E-state index contributed by atoms with van der Waals surface area (Å²) in [6.07, 6.45) is 2.07. The largest absolute Gasteiger partial charge is 0.486 e. The molecule has 1 aromatic carbocycles. The van der Waals surface area contributed by atoms with Crippen LogP contribution in [0.3, 0.4) is 0 Å². The third kappa shape index (κ3) is 6.21. The molecule has 1 aliphatic rings. The van der Waals surface area contributed by atoms with Gasteiger partial charge in [0.25, 0.3) is 15.9 Å². The minimum absolute atomic E-state index is 0.0747. The fraction of sp³-hybridized carbons (Fsp3) is 0.462. The van der Waals surface area contributed by atoms with Gasteiger partial charge in [-0.1, -0.05) is 18.1 Å². The van der Waals surface area contributed by atoms with Crippen molar-refractivity contribution in [1.29, 1.82) is 0 Å². The molecule has 0 fully saturated rings. The number of carbonyl (C=O) groups is 2. The molecule has 0 unspecified atom stereocenters. The highest BCUT2D eigenvalue weighted by atomic mass is 32.2. The lowest BCUT2D eigenvalue weighted by Gasteiger charge is -2.38. The molecule has 4 rings (SSSR count). The third-order valence-electron chi connectivity index (χ3n) is 7.00. The number of aliphatic hydroxyl groups is 1. The molecule has 41 heavy (non-hydrogen) atoms. The van der Waals surface area contributed by atoms with Crippen LogP contribution in [0.2, 0.25) is 0 Å². The summed E-state index contributed by atoms with van der Waals surface area (Å²) in [6, 6.07) is 3.60. The van der Waals surface area contributed by atoms with E-state index in [0.29, 0.717) is 17.1 Å². The molecule has 3 heterocycles. The summed E-state index contributed by atoms with van der Waals surface area (Å²) in [5, 5.41) is 19.0. The Labute approximate surface area is 238 Å². The van der Waals surface area contributed by atoms with Crippen LogP contribution in [0.5, 0.6) is 5.75 Å². The predicted molar refractivity (Wildman–Crippen MR) is 149 cm³/mol. The molecule has 2 aromatic heterocycles. The minimum Gasteiger partial charge on any atom is -0.486 e. The molecular formula is C26H35N7O7S. The number of imidazole rings is 1. The van der Waals surface area contributed by atoms with E-state index in [1.54, 1.807) is 46.0 Å². The standard InChI is InChI=1S/C26H35N7O7S/c1-15-10-33(16(2)13-34)25(35)19-8-7-9-20(28-26(36)29-23-17(3)30-40-18(23)4)24(19)39-21(15)11-32(6)41(37,38)22-12-31(5)14-27-22/h7-9,12,14-16,21,34H,10-11,13H2,1-6H3,(H2,28,29,36)/t15-,16-,21+/m0/s1. The number of nitrogens with zero attached hydrogens (tertiary/aromatic N) is 5. The van der Waals surface area contributed by atoms with Crippen molar-refractivity contribution >= 4 is 33.3 Å². The minimum atomic E-state index is -3.94. The number of sulfonamides is 1. The molecule has 3 N–H and O–H groups in total. The molecule has 3 aromatic rings. The third-order valence-corrected chi connectivity index (χ3v) is 8.71. The topological polar surface area (TPSA) is 172 Å². The maximum atomic E-state index is 13.7. The molecule has 3 amide bonds. The second-order valence-electron chi connectivity index (χ2n) is 10.2. The maximum absolute atomic E-state index is 13.7. The summed E-state index contributed by atoms with van der Waals surface area (Å²) in [6.45, 7) is 6.75. The zero-order chi connectivity index (χ0) is 30.1. The number of hydrogen-bond acceptors (Lipinski definition) is 9. The van der Waals surface area contributed by atoms with Crippen LogP contribution in [-0.4, -0.2) is 88.3 Å². The van der Waals surface area contributed by atoms with Crippen molar-refractivity contribution in [3.63, 3.8) is 0 Å². The quantitative estimate of drug-likeness (QED) is 0.356. The number of para-hydroxylation sites is 1. The first-order valence-corrected chi connectivity index (χ1v) is 14.4. The molecule has 1 aliphatic heterocycles. The van der Waals surface area contributed by atoms with Crippen LogP contribution in [0.1, 0.15) is 35.7 Å². The molecule has 15 heteroatoms. The van der Waals surface area contributed by atoms with Gasteiger partial charge in [0.1, 0.15) is 17.5 Å². The van der Waals surface area contributed by atoms with Crippen molar-refractivity contribution in [2.24, 2.45) is 13.0 Å². The van der Waals surface area contributed by atoms with Crippen LogP contribution in [0.25, 0.3) is 0 Å². The van der Waals surface area contributed by atoms with Crippen LogP contribution < -0.4 is 15.4 Å². The zero-order valence-electron chi connectivity index (χ0n) is 23.8. The number of aromatic nitrogens is 3. The smallest absolute Gasteiger partial charge is 0.323 e. The van der Waals surface area contributed by atoms with Crippen molar-refractivity contribution in [2.75, 3.05) is 37.4 Å². The summed E-state index contributed by atoms with van der Waals surface area (Å²) < 4.78 is 40.6. The van der Waals surface area contributed by atoms with E-state index in [2.05, 4.69) is 20.8 Å². The second kappa shape index (κ2) is 11.9. The number of carbonyl (C=O) groups excluding carboxylic acids is 2. The molecule has 0 radical (unpaired) electrons. The number of ether oxygens (including phenoxy) is 1. The Morgan fingerprint density at radius 3 is 2.63 bits per heavy atom. The average molecular weight is 590 g/mol. The van der Waals surface area contributed by atoms with Crippen LogP contribution >= 0.6 is 0 Å². The fourth-order valence-corrected chi connectivity index (χ4v) is 5.66. The first-order chi connectivity index (χ1) is 19.3. The fourth-order valence-electron chi connectivity index (χ4n) is 4.52. The lowest BCUT2D eigenvalue weighted by molar-refractivity contribution is 0.0389. The summed E-state index contributed by atoms with van der Waals surface area (Å²) in [7, 11) is -0.840. The molecule has 222 valence electrons. The van der Waals surface area contributed by atoms with Gasteiger partial charge in [0.15, 0.2) is 16.5 Å². The Hall–Kier alpha value is -3.95. The molecule has 14 nitrogen and oxygen atoms in total. The van der Waals surface area contributed by atoms with Gasteiger partial charge in [-0.3, -0.25) is 4.79 Å². The summed E-state index contributed by atoms with van der Waals surface area (Å²) in [4.78, 5) is 32.1. The van der Waals surface area contributed by atoms with Crippen molar-refractivity contribution < 1.29 is 32.4 Å². The highest BCUT2D eigenvalue weighted by molar-refractivity contribution is 7.89. The average Bonchev–Trinajstić information content (AvgIpc) is 3.51. The molecule has 0 aliphatic carbocycles. The summed E-state index contributed by atoms with van der Waals surface area (Å²) in [5.74, 6) is -0.253. The first-order valence-electron chi connectivity index (χ1n) is 13.0. The number of nitrogens with one attached hydrogen (secondary N) is 2. The number of aryl methyl sites for hydroxylation is 3. The predicted octanol–water partition coefficient (Wildman–Crippen LogP) is 2.21. The van der Waals surface area contributed by atoms with Gasteiger partial charge in [-0.2, -0.15) is 4.31 Å². The number of fused-ring (bicyclic) bond motifs is 1. The van der Waals surface area contributed by atoms with E-state index in [0.717, 1.165) is 4.31 Å². The number of amides is 3. The van der Waals surface area contributed by atoms with Gasteiger partial charge in [0, 0.05) is 32.8 Å². The van der Waals surface area contributed by atoms with Crippen LogP contribution in [0, 0.1) is 19.8 Å². The van der Waals surface area contributed by atoms with Crippen LogP contribution in [0.4, 0.5) is 16.2 Å². The second-order valence-corrected chi connectivity index (χ2v) is 12.2. The Bertz CT molecular complexity index is 1510. The Morgan fingerprint density at radius 1 is 1.29 bits per heavy atom. The Balaban J connectivity index is 1.70. The maximum Gasteiger partial charge on any atom is 0.323 e. The van der Waals surface area contributed by atoms with Gasteiger partial charge in [-0.15, -0.1) is 0 Å². The number of likely N-dealkylation sites (N-methyl/N-ethyl adjacent to an activating group) is 1. The van der Waals surface area contributed by atoms with Crippen molar-refractivity contribution in [3.05, 3.63) is 47.7 Å². The van der Waals surface area contributed by atoms with Crippen molar-refractivity contribution in [1.82, 2.24) is 23.9 Å². The van der Waals surface area contributed by atoms with E-state index in [1.165, 1.54) is 29.0 Å². The van der Waals surface area contributed by atoms with E-state index in [9.17, 15) is 23.1 Å².